The number of aromatic nitrogens is 1. The second kappa shape index (κ2) is 5.96. The van der Waals surface area contributed by atoms with E-state index in [0.717, 1.165) is 25.6 Å². The van der Waals surface area contributed by atoms with E-state index in [2.05, 4.69) is 31.5 Å². The lowest BCUT2D eigenvalue weighted by atomic mass is 10.1. The zero-order valence-electron chi connectivity index (χ0n) is 11.0. The van der Waals surface area contributed by atoms with Crippen LogP contribution in [-0.2, 0) is 4.79 Å². The molecule has 7 heteroatoms. The fourth-order valence-electron chi connectivity index (χ4n) is 2.16. The van der Waals surface area contributed by atoms with Crippen molar-refractivity contribution >= 4 is 50.9 Å². The molecule has 108 valence electrons. The van der Waals surface area contributed by atoms with Gasteiger partial charge in [0.2, 0.25) is 5.91 Å². The van der Waals surface area contributed by atoms with E-state index in [4.69, 9.17) is 11.6 Å². The summed E-state index contributed by atoms with van der Waals surface area (Å²) in [5.41, 5.74) is 1.67. The SMILES string of the molecule is CNC1C(=O)Nc2cc(Sc3ccc(Br)cn3)c(Cl)cc21. The van der Waals surface area contributed by atoms with Gasteiger partial charge in [-0.25, -0.2) is 4.98 Å². The number of carbonyl (C=O) groups is 1. The van der Waals surface area contributed by atoms with Crippen molar-refractivity contribution in [2.45, 2.75) is 16.0 Å². The summed E-state index contributed by atoms with van der Waals surface area (Å²) in [4.78, 5) is 17.0. The van der Waals surface area contributed by atoms with Gasteiger partial charge in [-0.2, -0.15) is 0 Å². The van der Waals surface area contributed by atoms with E-state index in [1.54, 1.807) is 13.2 Å². The van der Waals surface area contributed by atoms with Gasteiger partial charge in [-0.15, -0.1) is 0 Å². The van der Waals surface area contributed by atoms with Crippen molar-refractivity contribution in [1.29, 1.82) is 0 Å². The molecule has 2 aromatic rings. The van der Waals surface area contributed by atoms with E-state index in [1.807, 2.05) is 24.3 Å². The summed E-state index contributed by atoms with van der Waals surface area (Å²) in [7, 11) is 1.75. The first kappa shape index (κ1) is 14.8. The van der Waals surface area contributed by atoms with Gasteiger partial charge in [0, 0.05) is 26.8 Å². The average Bonchev–Trinajstić information content (AvgIpc) is 2.76. The van der Waals surface area contributed by atoms with Crippen LogP contribution in [-0.4, -0.2) is 17.9 Å². The predicted molar refractivity (Wildman–Crippen MR) is 87.9 cm³/mol. The zero-order chi connectivity index (χ0) is 15.0. The first-order valence-electron chi connectivity index (χ1n) is 6.19. The smallest absolute Gasteiger partial charge is 0.246 e. The summed E-state index contributed by atoms with van der Waals surface area (Å²) in [6, 6.07) is 7.21. The van der Waals surface area contributed by atoms with E-state index in [9.17, 15) is 4.79 Å². The number of carbonyl (C=O) groups excluding carboxylic acids is 1. The molecule has 1 aliphatic rings. The van der Waals surface area contributed by atoms with Crippen LogP contribution in [0.5, 0.6) is 0 Å². The van der Waals surface area contributed by atoms with Gasteiger partial charge < -0.3 is 10.6 Å². The Morgan fingerprint density at radius 2 is 2.24 bits per heavy atom. The maximum atomic E-state index is 11.8. The van der Waals surface area contributed by atoms with Gasteiger partial charge >= 0.3 is 0 Å². The number of nitrogens with zero attached hydrogens (tertiary/aromatic N) is 1. The second-order valence-electron chi connectivity index (χ2n) is 4.50. The Bertz CT molecular complexity index is 708. The molecule has 2 heterocycles. The molecule has 1 amide bonds. The van der Waals surface area contributed by atoms with Crippen molar-refractivity contribution in [2.75, 3.05) is 12.4 Å². The molecule has 0 saturated heterocycles. The molecular weight excluding hydrogens is 374 g/mol. The molecule has 1 aromatic carbocycles. The van der Waals surface area contributed by atoms with E-state index >= 15 is 0 Å². The largest absolute Gasteiger partial charge is 0.324 e. The summed E-state index contributed by atoms with van der Waals surface area (Å²) in [5.74, 6) is -0.0625. The summed E-state index contributed by atoms with van der Waals surface area (Å²) in [6.45, 7) is 0. The summed E-state index contributed by atoms with van der Waals surface area (Å²) < 4.78 is 0.927. The van der Waals surface area contributed by atoms with Crippen LogP contribution in [0.2, 0.25) is 5.02 Å². The normalized spacial score (nSPS) is 16.7. The fraction of sp³-hybridized carbons (Fsp3) is 0.143. The van der Waals surface area contributed by atoms with Crippen molar-refractivity contribution in [1.82, 2.24) is 10.3 Å². The van der Waals surface area contributed by atoms with Crippen LogP contribution in [0.1, 0.15) is 11.6 Å². The quantitative estimate of drug-likeness (QED) is 0.844. The number of amides is 1. The number of hydrogen-bond acceptors (Lipinski definition) is 4. The van der Waals surface area contributed by atoms with Gasteiger partial charge in [-0.1, -0.05) is 23.4 Å². The Hall–Kier alpha value is -1.08. The van der Waals surface area contributed by atoms with Crippen LogP contribution >= 0.6 is 39.3 Å². The Kier molecular flexibility index (Phi) is 4.21. The van der Waals surface area contributed by atoms with Crippen molar-refractivity contribution in [3.63, 3.8) is 0 Å². The molecule has 1 atom stereocenters. The number of halogens is 2. The number of anilines is 1. The lowest BCUT2D eigenvalue weighted by Gasteiger charge is -2.09. The Morgan fingerprint density at radius 3 is 2.90 bits per heavy atom. The summed E-state index contributed by atoms with van der Waals surface area (Å²) in [5, 5.41) is 7.29. The molecule has 0 spiro atoms. The molecule has 3 rings (SSSR count). The third kappa shape index (κ3) is 2.94. The first-order valence-corrected chi connectivity index (χ1v) is 8.18. The molecule has 4 nitrogen and oxygen atoms in total. The number of nitrogens with one attached hydrogen (secondary N) is 2. The molecule has 1 aromatic heterocycles. The molecule has 0 radical (unpaired) electrons. The molecule has 21 heavy (non-hydrogen) atoms. The highest BCUT2D eigenvalue weighted by atomic mass is 79.9. The van der Waals surface area contributed by atoms with Crippen molar-refractivity contribution < 1.29 is 4.79 Å². The minimum Gasteiger partial charge on any atom is -0.324 e. The molecular formula is C14H11BrClN3OS. The molecule has 0 bridgehead atoms. The van der Waals surface area contributed by atoms with Crippen molar-refractivity contribution in [3.05, 3.63) is 45.5 Å². The molecule has 1 aliphatic heterocycles. The van der Waals surface area contributed by atoms with Gasteiger partial charge in [-0.05, 0) is 47.2 Å². The highest BCUT2D eigenvalue weighted by Gasteiger charge is 2.30. The monoisotopic (exact) mass is 383 g/mol. The van der Waals surface area contributed by atoms with Crippen LogP contribution in [0, 0.1) is 0 Å². The number of pyridine rings is 1. The van der Waals surface area contributed by atoms with Crippen LogP contribution in [0.15, 0.2) is 44.9 Å². The van der Waals surface area contributed by atoms with E-state index in [0.29, 0.717) is 5.02 Å². The van der Waals surface area contributed by atoms with E-state index in [1.165, 1.54) is 11.8 Å². The number of rotatable bonds is 3. The number of benzene rings is 1. The number of likely N-dealkylation sites (N-methyl/N-ethyl adjacent to an activating group) is 1. The third-order valence-electron chi connectivity index (χ3n) is 3.14. The van der Waals surface area contributed by atoms with Gasteiger partial charge in [0.1, 0.15) is 11.1 Å². The Morgan fingerprint density at radius 1 is 1.43 bits per heavy atom. The molecule has 0 aliphatic carbocycles. The van der Waals surface area contributed by atoms with E-state index in [-0.39, 0.29) is 11.9 Å². The minimum absolute atomic E-state index is 0.0625. The van der Waals surface area contributed by atoms with Crippen LogP contribution in [0.25, 0.3) is 0 Å². The first-order chi connectivity index (χ1) is 10.1. The molecule has 2 N–H and O–H groups in total. The minimum atomic E-state index is -0.345. The van der Waals surface area contributed by atoms with Crippen molar-refractivity contribution in [2.24, 2.45) is 0 Å². The average molecular weight is 385 g/mol. The third-order valence-corrected chi connectivity index (χ3v) is 5.04. The van der Waals surface area contributed by atoms with E-state index < -0.39 is 0 Å². The fourth-order valence-corrected chi connectivity index (χ4v) is 3.48. The molecule has 1 unspecified atom stereocenters. The summed E-state index contributed by atoms with van der Waals surface area (Å²) in [6.07, 6.45) is 1.74. The highest BCUT2D eigenvalue weighted by molar-refractivity contribution is 9.10. The zero-order valence-corrected chi connectivity index (χ0v) is 14.1. The maximum Gasteiger partial charge on any atom is 0.246 e. The molecule has 0 fully saturated rings. The molecule has 0 saturated carbocycles. The second-order valence-corrected chi connectivity index (χ2v) is 6.88. The maximum absolute atomic E-state index is 11.8. The van der Waals surface area contributed by atoms with Gasteiger partial charge in [0.15, 0.2) is 0 Å². The van der Waals surface area contributed by atoms with Crippen LogP contribution in [0.3, 0.4) is 0 Å². The number of hydrogen-bond donors (Lipinski definition) is 2. The van der Waals surface area contributed by atoms with Gasteiger partial charge in [-0.3, -0.25) is 4.79 Å². The van der Waals surface area contributed by atoms with Crippen LogP contribution in [0.4, 0.5) is 5.69 Å². The highest BCUT2D eigenvalue weighted by Crippen LogP contribution is 2.40. The topological polar surface area (TPSA) is 54.0 Å². The van der Waals surface area contributed by atoms with Crippen molar-refractivity contribution in [3.8, 4) is 0 Å². The van der Waals surface area contributed by atoms with Crippen LogP contribution < -0.4 is 10.6 Å². The Labute approximate surface area is 139 Å². The predicted octanol–water partition coefficient (Wildman–Crippen LogP) is 3.86. The van der Waals surface area contributed by atoms with Gasteiger partial charge in [0.05, 0.1) is 5.02 Å². The lowest BCUT2D eigenvalue weighted by Crippen LogP contribution is -2.23. The summed E-state index contributed by atoms with van der Waals surface area (Å²) >= 11 is 11.2. The number of fused-ring (bicyclic) bond motifs is 1. The Balaban J connectivity index is 1.93. The standard InChI is InChI=1S/C14H11BrClN3OS/c1-17-13-8-4-9(16)11(5-10(8)19-14(13)20)21-12-3-2-7(15)6-18-12/h2-6,13,17H,1H3,(H,19,20). The lowest BCUT2D eigenvalue weighted by molar-refractivity contribution is -0.117. The van der Waals surface area contributed by atoms with Gasteiger partial charge in [0.25, 0.3) is 0 Å².